The summed E-state index contributed by atoms with van der Waals surface area (Å²) in [6.45, 7) is 8.72. The van der Waals surface area contributed by atoms with Crippen molar-refractivity contribution in [3.05, 3.63) is 29.8 Å². The van der Waals surface area contributed by atoms with E-state index in [4.69, 9.17) is 9.47 Å². The molecule has 0 radical (unpaired) electrons. The molecule has 1 amide bonds. The monoisotopic (exact) mass is 348 g/mol. The van der Waals surface area contributed by atoms with Crippen LogP contribution in [-0.4, -0.2) is 38.8 Å². The molecule has 1 aliphatic heterocycles. The molecule has 140 valence electrons. The maximum Gasteiger partial charge on any atom is 0.224 e. The Bertz CT molecular complexity index is 515. The number of anilines is 1. The Hall–Kier alpha value is -1.43. The van der Waals surface area contributed by atoms with Crippen LogP contribution >= 0.6 is 0 Å². The number of carbonyl (C=O) groups excluding carboxylic acids is 1. The number of ether oxygens (including phenoxy) is 2. The van der Waals surface area contributed by atoms with Crippen molar-refractivity contribution in [3.63, 3.8) is 0 Å². The molecule has 1 saturated heterocycles. The molecule has 2 unspecified atom stereocenters. The summed E-state index contributed by atoms with van der Waals surface area (Å²) in [7, 11) is 0. The van der Waals surface area contributed by atoms with Gasteiger partial charge >= 0.3 is 0 Å². The fraction of sp³-hybridized carbons (Fsp3) is 0.650. The second-order valence-electron chi connectivity index (χ2n) is 6.79. The Morgan fingerprint density at radius 2 is 2.20 bits per heavy atom. The molecule has 1 aliphatic rings. The molecule has 2 atom stereocenters. The average Bonchev–Trinajstić information content (AvgIpc) is 2.62. The number of carbonyl (C=O) groups is 1. The van der Waals surface area contributed by atoms with Crippen LogP contribution in [0.1, 0.15) is 38.7 Å². The molecule has 1 heterocycles. The first-order valence-electron chi connectivity index (χ1n) is 9.44. The minimum atomic E-state index is 0.0903. The SMILES string of the molecule is CCOCCOCc1cccc(NC(=O)CC(C)C2CCCNC2)c1. The van der Waals surface area contributed by atoms with Crippen LogP contribution in [-0.2, 0) is 20.9 Å². The van der Waals surface area contributed by atoms with Crippen molar-refractivity contribution in [2.75, 3.05) is 38.2 Å². The van der Waals surface area contributed by atoms with E-state index < -0.39 is 0 Å². The summed E-state index contributed by atoms with van der Waals surface area (Å²) in [5.41, 5.74) is 1.89. The van der Waals surface area contributed by atoms with Crippen molar-refractivity contribution in [1.29, 1.82) is 0 Å². The average molecular weight is 348 g/mol. The molecule has 0 bridgehead atoms. The van der Waals surface area contributed by atoms with Crippen LogP contribution in [0.2, 0.25) is 0 Å². The van der Waals surface area contributed by atoms with E-state index in [1.54, 1.807) is 0 Å². The minimum Gasteiger partial charge on any atom is -0.379 e. The van der Waals surface area contributed by atoms with Gasteiger partial charge in [0.2, 0.25) is 5.91 Å². The van der Waals surface area contributed by atoms with Gasteiger partial charge in [-0.3, -0.25) is 4.79 Å². The first-order valence-corrected chi connectivity index (χ1v) is 9.44. The zero-order valence-electron chi connectivity index (χ0n) is 15.6. The van der Waals surface area contributed by atoms with Crippen molar-refractivity contribution >= 4 is 11.6 Å². The van der Waals surface area contributed by atoms with E-state index in [0.29, 0.717) is 44.7 Å². The van der Waals surface area contributed by atoms with Gasteiger partial charge in [0.25, 0.3) is 0 Å². The highest BCUT2D eigenvalue weighted by Gasteiger charge is 2.22. The van der Waals surface area contributed by atoms with Crippen LogP contribution < -0.4 is 10.6 Å². The lowest BCUT2D eigenvalue weighted by Crippen LogP contribution is -2.34. The van der Waals surface area contributed by atoms with E-state index >= 15 is 0 Å². The molecular weight excluding hydrogens is 316 g/mol. The van der Waals surface area contributed by atoms with Gasteiger partial charge < -0.3 is 20.1 Å². The van der Waals surface area contributed by atoms with Gasteiger partial charge in [0.15, 0.2) is 0 Å². The van der Waals surface area contributed by atoms with Gasteiger partial charge in [-0.1, -0.05) is 19.1 Å². The number of hydrogen-bond acceptors (Lipinski definition) is 4. The Kier molecular flexibility index (Phi) is 8.94. The molecule has 5 heteroatoms. The van der Waals surface area contributed by atoms with Crippen LogP contribution in [0, 0.1) is 11.8 Å². The van der Waals surface area contributed by atoms with Crippen molar-refractivity contribution in [1.82, 2.24) is 5.32 Å². The van der Waals surface area contributed by atoms with E-state index in [2.05, 4.69) is 17.6 Å². The summed E-state index contributed by atoms with van der Waals surface area (Å²) >= 11 is 0. The lowest BCUT2D eigenvalue weighted by Gasteiger charge is -2.28. The van der Waals surface area contributed by atoms with Gasteiger partial charge in [-0.25, -0.2) is 0 Å². The summed E-state index contributed by atoms with van der Waals surface area (Å²) in [5, 5.41) is 6.45. The predicted octanol–water partition coefficient (Wildman–Crippen LogP) is 3.20. The Morgan fingerprint density at radius 3 is 2.96 bits per heavy atom. The van der Waals surface area contributed by atoms with E-state index in [-0.39, 0.29) is 5.91 Å². The molecule has 2 N–H and O–H groups in total. The Balaban J connectivity index is 1.75. The van der Waals surface area contributed by atoms with Crippen LogP contribution in [0.5, 0.6) is 0 Å². The Labute approximate surface area is 151 Å². The van der Waals surface area contributed by atoms with Crippen LogP contribution in [0.3, 0.4) is 0 Å². The molecule has 1 aromatic carbocycles. The first-order chi connectivity index (χ1) is 12.2. The zero-order valence-corrected chi connectivity index (χ0v) is 15.6. The first kappa shape index (κ1) is 19.9. The fourth-order valence-corrected chi connectivity index (χ4v) is 3.23. The lowest BCUT2D eigenvalue weighted by molar-refractivity contribution is -0.117. The summed E-state index contributed by atoms with van der Waals surface area (Å²) in [5.74, 6) is 1.09. The second kappa shape index (κ2) is 11.2. The topological polar surface area (TPSA) is 59.6 Å². The third kappa shape index (κ3) is 7.55. The van der Waals surface area contributed by atoms with Crippen molar-refractivity contribution in [2.24, 2.45) is 11.8 Å². The van der Waals surface area contributed by atoms with Crippen LogP contribution in [0.15, 0.2) is 24.3 Å². The smallest absolute Gasteiger partial charge is 0.224 e. The third-order valence-corrected chi connectivity index (χ3v) is 4.70. The van der Waals surface area contributed by atoms with E-state index in [1.807, 2.05) is 31.2 Å². The molecule has 0 spiro atoms. The highest BCUT2D eigenvalue weighted by molar-refractivity contribution is 5.90. The van der Waals surface area contributed by atoms with Crippen molar-refractivity contribution in [2.45, 2.75) is 39.7 Å². The highest BCUT2D eigenvalue weighted by atomic mass is 16.5. The third-order valence-electron chi connectivity index (χ3n) is 4.70. The molecule has 0 saturated carbocycles. The predicted molar refractivity (Wildman–Crippen MR) is 101 cm³/mol. The van der Waals surface area contributed by atoms with Gasteiger partial charge in [-0.05, 0) is 62.4 Å². The molecule has 0 aromatic heterocycles. The summed E-state index contributed by atoms with van der Waals surface area (Å²) < 4.78 is 10.8. The van der Waals surface area contributed by atoms with Gasteiger partial charge in [0, 0.05) is 18.7 Å². The van der Waals surface area contributed by atoms with Gasteiger partial charge in [-0.2, -0.15) is 0 Å². The fourth-order valence-electron chi connectivity index (χ4n) is 3.23. The van der Waals surface area contributed by atoms with Gasteiger partial charge in [0.1, 0.15) is 0 Å². The molecule has 1 aromatic rings. The summed E-state index contributed by atoms with van der Waals surface area (Å²) in [4.78, 5) is 12.3. The zero-order chi connectivity index (χ0) is 17.9. The normalized spacial score (nSPS) is 18.7. The summed E-state index contributed by atoms with van der Waals surface area (Å²) in [6, 6.07) is 7.86. The van der Waals surface area contributed by atoms with Gasteiger partial charge in [0.05, 0.1) is 19.8 Å². The molecule has 25 heavy (non-hydrogen) atoms. The number of rotatable bonds is 10. The van der Waals surface area contributed by atoms with Gasteiger partial charge in [-0.15, -0.1) is 0 Å². The maximum absolute atomic E-state index is 12.3. The molecule has 5 nitrogen and oxygen atoms in total. The van der Waals surface area contributed by atoms with Crippen LogP contribution in [0.25, 0.3) is 0 Å². The quantitative estimate of drug-likeness (QED) is 0.638. The number of amides is 1. The van der Waals surface area contributed by atoms with Crippen LogP contribution in [0.4, 0.5) is 5.69 Å². The number of benzene rings is 1. The lowest BCUT2D eigenvalue weighted by atomic mass is 9.85. The highest BCUT2D eigenvalue weighted by Crippen LogP contribution is 2.23. The Morgan fingerprint density at radius 1 is 1.36 bits per heavy atom. The molecule has 2 rings (SSSR count). The minimum absolute atomic E-state index is 0.0903. The molecule has 0 aliphatic carbocycles. The number of piperidine rings is 1. The number of hydrogen-bond donors (Lipinski definition) is 2. The number of nitrogens with one attached hydrogen (secondary N) is 2. The largest absolute Gasteiger partial charge is 0.379 e. The van der Waals surface area contributed by atoms with E-state index in [0.717, 1.165) is 24.3 Å². The van der Waals surface area contributed by atoms with Crippen molar-refractivity contribution in [3.8, 4) is 0 Å². The van der Waals surface area contributed by atoms with Crippen molar-refractivity contribution < 1.29 is 14.3 Å². The second-order valence-corrected chi connectivity index (χ2v) is 6.79. The molecular formula is C20H32N2O3. The summed E-state index contributed by atoms with van der Waals surface area (Å²) in [6.07, 6.45) is 3.00. The van der Waals surface area contributed by atoms with E-state index in [9.17, 15) is 4.79 Å². The molecule has 1 fully saturated rings. The standard InChI is InChI=1S/C20H32N2O3/c1-3-24-10-11-25-15-17-6-4-8-19(13-17)22-20(23)12-16(2)18-7-5-9-21-14-18/h4,6,8,13,16,18,21H,3,5,7,9-12,14-15H2,1-2H3,(H,22,23). The van der Waals surface area contributed by atoms with E-state index in [1.165, 1.54) is 12.8 Å². The maximum atomic E-state index is 12.3.